The molecule has 0 radical (unpaired) electrons. The Labute approximate surface area is 181 Å². The number of methoxy groups -OCH3 is 1. The zero-order chi connectivity index (χ0) is 22.1. The van der Waals surface area contributed by atoms with E-state index in [9.17, 15) is 14.7 Å². The van der Waals surface area contributed by atoms with Crippen LogP contribution in [0, 0.1) is 0 Å². The Kier molecular flexibility index (Phi) is 5.55. The minimum atomic E-state index is -0.587. The number of aryl methyl sites for hydroxylation is 1. The number of aromatic nitrogens is 1. The van der Waals surface area contributed by atoms with E-state index in [-0.39, 0.29) is 11.4 Å². The highest BCUT2D eigenvalue weighted by molar-refractivity contribution is 6.08. The summed E-state index contributed by atoms with van der Waals surface area (Å²) in [6.07, 6.45) is 3.40. The van der Waals surface area contributed by atoms with E-state index in [1.165, 1.54) is 12.5 Å². The van der Waals surface area contributed by atoms with Crippen LogP contribution in [0.25, 0.3) is 10.9 Å². The van der Waals surface area contributed by atoms with Crippen molar-refractivity contribution >= 4 is 22.6 Å². The number of carbonyl (C=O) groups is 2. The Morgan fingerprint density at radius 1 is 1.19 bits per heavy atom. The maximum absolute atomic E-state index is 12.9. The first-order valence-corrected chi connectivity index (χ1v) is 10.4. The number of nitrogens with one attached hydrogen (secondary N) is 1. The molecule has 1 aromatic heterocycles. The van der Waals surface area contributed by atoms with Gasteiger partial charge in [0.1, 0.15) is 5.75 Å². The number of amides is 1. The van der Waals surface area contributed by atoms with Gasteiger partial charge in [-0.2, -0.15) is 0 Å². The smallest absolute Gasteiger partial charge is 0.290 e. The predicted molar refractivity (Wildman–Crippen MR) is 119 cm³/mol. The minimum Gasteiger partial charge on any atom is -0.503 e. The summed E-state index contributed by atoms with van der Waals surface area (Å²) < 4.78 is 5.33. The molecule has 0 unspecified atom stereocenters. The number of nitrogens with zero attached hydrogens (tertiary/aromatic N) is 1. The van der Waals surface area contributed by atoms with Crippen LogP contribution < -0.4 is 4.74 Å². The van der Waals surface area contributed by atoms with Crippen LogP contribution in [0.1, 0.15) is 36.6 Å². The van der Waals surface area contributed by atoms with Crippen LogP contribution in [0.15, 0.2) is 60.0 Å². The Bertz CT molecular complexity index is 1170. The number of Topliss-reactive ketones (excluding diaryl/α,β-unsaturated/α-hetero) is 1. The van der Waals surface area contributed by atoms with Crippen LogP contribution in [0.4, 0.5) is 0 Å². The second-order valence-electron chi connectivity index (χ2n) is 7.79. The second-order valence-corrected chi connectivity index (χ2v) is 7.79. The van der Waals surface area contributed by atoms with E-state index in [0.29, 0.717) is 13.0 Å². The monoisotopic (exact) mass is 418 g/mol. The average Bonchev–Trinajstić information content (AvgIpc) is 3.30. The molecule has 4 rings (SSSR count). The lowest BCUT2D eigenvalue weighted by molar-refractivity contribution is -0.129. The number of fused-ring (bicyclic) bond motifs is 1. The highest BCUT2D eigenvalue weighted by Crippen LogP contribution is 2.38. The van der Waals surface area contributed by atoms with E-state index in [1.54, 1.807) is 12.0 Å². The van der Waals surface area contributed by atoms with E-state index >= 15 is 0 Å². The molecule has 0 saturated carbocycles. The Balaban J connectivity index is 1.65. The summed E-state index contributed by atoms with van der Waals surface area (Å²) in [5.74, 6) is -0.489. The summed E-state index contributed by atoms with van der Waals surface area (Å²) >= 11 is 0. The van der Waals surface area contributed by atoms with Crippen LogP contribution >= 0.6 is 0 Å². The zero-order valence-electron chi connectivity index (χ0n) is 17.9. The Hall–Kier alpha value is -3.54. The third kappa shape index (κ3) is 3.69. The van der Waals surface area contributed by atoms with Gasteiger partial charge in [0, 0.05) is 23.6 Å². The fourth-order valence-corrected chi connectivity index (χ4v) is 4.26. The molecule has 2 heterocycles. The van der Waals surface area contributed by atoms with Crippen molar-refractivity contribution in [1.82, 2.24) is 9.88 Å². The summed E-state index contributed by atoms with van der Waals surface area (Å²) in [4.78, 5) is 30.0. The van der Waals surface area contributed by atoms with Gasteiger partial charge in [-0.25, -0.2) is 0 Å². The first-order chi connectivity index (χ1) is 14.9. The fraction of sp³-hybridized carbons (Fsp3) is 0.280. The molecule has 31 heavy (non-hydrogen) atoms. The van der Waals surface area contributed by atoms with Crippen molar-refractivity contribution in [1.29, 1.82) is 0 Å². The molecule has 0 saturated heterocycles. The van der Waals surface area contributed by atoms with Crippen molar-refractivity contribution in [2.75, 3.05) is 13.7 Å². The van der Waals surface area contributed by atoms with Crippen molar-refractivity contribution in [3.05, 3.63) is 76.7 Å². The van der Waals surface area contributed by atoms with Gasteiger partial charge in [0.05, 0.1) is 18.7 Å². The fourth-order valence-electron chi connectivity index (χ4n) is 4.26. The summed E-state index contributed by atoms with van der Waals surface area (Å²) in [5.41, 5.74) is 4.18. The van der Waals surface area contributed by atoms with Crippen LogP contribution in [-0.2, 0) is 22.4 Å². The van der Waals surface area contributed by atoms with Gasteiger partial charge in [0.15, 0.2) is 11.5 Å². The molecule has 6 heteroatoms. The summed E-state index contributed by atoms with van der Waals surface area (Å²) in [6.45, 7) is 3.83. The first-order valence-electron chi connectivity index (χ1n) is 10.4. The van der Waals surface area contributed by atoms with Gasteiger partial charge in [-0.05, 0) is 54.7 Å². The molecule has 0 aliphatic carbocycles. The number of carbonyl (C=O) groups excluding carboxylic acids is 2. The van der Waals surface area contributed by atoms with Crippen LogP contribution in [-0.4, -0.2) is 40.3 Å². The van der Waals surface area contributed by atoms with E-state index < -0.39 is 17.7 Å². The summed E-state index contributed by atoms with van der Waals surface area (Å²) in [6, 6.07) is 13.1. The number of hydrogen-bond donors (Lipinski definition) is 2. The van der Waals surface area contributed by atoms with Gasteiger partial charge < -0.3 is 19.7 Å². The molecular formula is C25H26N2O4. The largest absolute Gasteiger partial charge is 0.503 e. The molecule has 0 fully saturated rings. The molecule has 6 nitrogen and oxygen atoms in total. The van der Waals surface area contributed by atoms with E-state index in [1.807, 2.05) is 48.7 Å². The van der Waals surface area contributed by atoms with E-state index in [0.717, 1.165) is 34.2 Å². The zero-order valence-corrected chi connectivity index (χ0v) is 17.9. The standard InChI is InChI=1S/C25H26N2O4/c1-4-16-5-7-17(8-6-16)23-22(15(2)28)24(29)25(30)27(23)12-11-18-14-26-21-10-9-19(31-3)13-20(18)21/h5-10,13-14,23,26,29H,4,11-12H2,1-3H3/t23-/m1/s1. The first kappa shape index (κ1) is 20.7. The van der Waals surface area contributed by atoms with E-state index in [2.05, 4.69) is 11.9 Å². The van der Waals surface area contributed by atoms with Crippen molar-refractivity contribution < 1.29 is 19.4 Å². The topological polar surface area (TPSA) is 82.6 Å². The lowest BCUT2D eigenvalue weighted by Crippen LogP contribution is -2.32. The molecule has 0 bridgehead atoms. The third-order valence-corrected chi connectivity index (χ3v) is 5.98. The lowest BCUT2D eigenvalue weighted by atomic mass is 9.95. The quantitative estimate of drug-likeness (QED) is 0.600. The number of aliphatic hydroxyl groups is 1. The molecule has 3 aromatic rings. The third-order valence-electron chi connectivity index (χ3n) is 5.98. The normalized spacial score (nSPS) is 16.4. The van der Waals surface area contributed by atoms with Gasteiger partial charge in [0.25, 0.3) is 5.91 Å². The highest BCUT2D eigenvalue weighted by Gasteiger charge is 2.42. The number of hydrogen-bond acceptors (Lipinski definition) is 4. The number of benzene rings is 2. The maximum atomic E-state index is 12.9. The summed E-state index contributed by atoms with van der Waals surface area (Å²) in [7, 11) is 1.63. The average molecular weight is 418 g/mol. The molecule has 1 aliphatic heterocycles. The van der Waals surface area contributed by atoms with Crippen LogP contribution in [0.5, 0.6) is 5.75 Å². The lowest BCUT2D eigenvalue weighted by Gasteiger charge is -2.26. The number of rotatable bonds is 7. The van der Waals surface area contributed by atoms with Gasteiger partial charge in [-0.3, -0.25) is 9.59 Å². The number of ether oxygens (including phenoxy) is 1. The number of aromatic amines is 1. The van der Waals surface area contributed by atoms with Gasteiger partial charge in [0.2, 0.25) is 0 Å². The number of H-pyrrole nitrogens is 1. The van der Waals surface area contributed by atoms with E-state index in [4.69, 9.17) is 4.74 Å². The van der Waals surface area contributed by atoms with Crippen molar-refractivity contribution in [2.24, 2.45) is 0 Å². The molecule has 2 aromatic carbocycles. The minimum absolute atomic E-state index is 0.162. The van der Waals surface area contributed by atoms with Crippen molar-refractivity contribution in [2.45, 2.75) is 32.7 Å². The van der Waals surface area contributed by atoms with Crippen molar-refractivity contribution in [3.63, 3.8) is 0 Å². The molecule has 0 spiro atoms. The molecular weight excluding hydrogens is 392 g/mol. The molecule has 1 aliphatic rings. The van der Waals surface area contributed by atoms with Gasteiger partial charge in [-0.1, -0.05) is 31.2 Å². The van der Waals surface area contributed by atoms with Crippen LogP contribution in [0.3, 0.4) is 0 Å². The SMILES string of the molecule is CCc1ccc([C@@H]2C(C(C)=O)=C(O)C(=O)N2CCc2c[nH]c3ccc(OC)cc23)cc1. The Morgan fingerprint density at radius 2 is 1.94 bits per heavy atom. The predicted octanol–water partition coefficient (Wildman–Crippen LogP) is 4.27. The van der Waals surface area contributed by atoms with Crippen molar-refractivity contribution in [3.8, 4) is 5.75 Å². The molecule has 2 N–H and O–H groups in total. The van der Waals surface area contributed by atoms with Gasteiger partial charge in [-0.15, -0.1) is 0 Å². The number of ketones is 1. The summed E-state index contributed by atoms with van der Waals surface area (Å²) in [5, 5.41) is 11.5. The van der Waals surface area contributed by atoms with Crippen LogP contribution in [0.2, 0.25) is 0 Å². The second kappa shape index (κ2) is 8.30. The Morgan fingerprint density at radius 3 is 2.58 bits per heavy atom. The van der Waals surface area contributed by atoms with Gasteiger partial charge >= 0.3 is 0 Å². The molecule has 1 atom stereocenters. The number of aliphatic hydroxyl groups excluding tert-OH is 1. The molecule has 160 valence electrons. The maximum Gasteiger partial charge on any atom is 0.290 e. The highest BCUT2D eigenvalue weighted by atomic mass is 16.5. The molecule has 1 amide bonds.